The Kier molecular flexibility index (Phi) is 12.9. The lowest BCUT2D eigenvalue weighted by atomic mass is 9.76. The van der Waals surface area contributed by atoms with Gasteiger partial charge in [-0.3, -0.25) is 9.59 Å². The van der Waals surface area contributed by atoms with E-state index in [2.05, 4.69) is 34.1 Å². The maximum absolute atomic E-state index is 13.9. The van der Waals surface area contributed by atoms with Crippen molar-refractivity contribution in [2.24, 2.45) is 5.92 Å². The minimum atomic E-state index is -0.174. The van der Waals surface area contributed by atoms with Crippen molar-refractivity contribution < 1.29 is 28.5 Å². The quantitative estimate of drug-likeness (QED) is 0.0986. The van der Waals surface area contributed by atoms with Gasteiger partial charge in [0, 0.05) is 43.1 Å². The zero-order chi connectivity index (χ0) is 35.5. The van der Waals surface area contributed by atoms with Gasteiger partial charge in [-0.25, -0.2) is 4.98 Å². The van der Waals surface area contributed by atoms with Gasteiger partial charge in [0.25, 0.3) is 5.91 Å². The fraction of sp³-hybridized carbons (Fsp3) is 0.475. The Morgan fingerprint density at radius 1 is 0.960 bits per heavy atom. The average molecular weight is 685 g/mol. The van der Waals surface area contributed by atoms with Crippen LogP contribution >= 0.6 is 0 Å². The van der Waals surface area contributed by atoms with Crippen LogP contribution in [-0.4, -0.2) is 98.3 Å². The molecule has 0 N–H and O–H groups in total. The Hall–Kier alpha value is -4.41. The van der Waals surface area contributed by atoms with Crippen molar-refractivity contribution >= 4 is 17.8 Å². The monoisotopic (exact) mass is 684 g/mol. The Morgan fingerprint density at radius 3 is 2.32 bits per heavy atom. The Balaban J connectivity index is 1.25. The van der Waals surface area contributed by atoms with Gasteiger partial charge in [0.2, 0.25) is 11.5 Å². The largest absolute Gasteiger partial charge is 0.493 e. The van der Waals surface area contributed by atoms with Crippen LogP contribution in [0.2, 0.25) is 0 Å². The average Bonchev–Trinajstić information content (AvgIpc) is 3.79. The third-order valence-corrected chi connectivity index (χ3v) is 10.1. The first-order valence-electron chi connectivity index (χ1n) is 17.7. The molecule has 1 atom stereocenters. The molecule has 0 saturated carbocycles. The van der Waals surface area contributed by atoms with Gasteiger partial charge in [-0.05, 0) is 82.9 Å². The minimum Gasteiger partial charge on any atom is -0.493 e. The van der Waals surface area contributed by atoms with Crippen LogP contribution in [0, 0.1) is 5.92 Å². The molecule has 1 unspecified atom stereocenters. The number of rotatable bonds is 16. The highest BCUT2D eigenvalue weighted by atomic mass is 16.5. The topological polar surface area (TPSA) is 95.4 Å². The number of imidazole rings is 1. The number of ether oxygens (including phenoxy) is 4. The molecule has 2 fully saturated rings. The van der Waals surface area contributed by atoms with Crippen molar-refractivity contribution in [1.29, 1.82) is 0 Å². The third kappa shape index (κ3) is 8.30. The van der Waals surface area contributed by atoms with Gasteiger partial charge in [-0.1, -0.05) is 48.6 Å². The van der Waals surface area contributed by atoms with Crippen molar-refractivity contribution in [2.45, 2.75) is 51.5 Å². The molecule has 3 heterocycles. The molecule has 1 amide bonds. The first-order valence-corrected chi connectivity index (χ1v) is 17.7. The van der Waals surface area contributed by atoms with Gasteiger partial charge >= 0.3 is 0 Å². The molecule has 0 radical (unpaired) electrons. The van der Waals surface area contributed by atoms with Crippen LogP contribution in [0.5, 0.6) is 17.2 Å². The molecule has 1 aromatic heterocycles. The van der Waals surface area contributed by atoms with Gasteiger partial charge < -0.3 is 33.3 Å². The molecule has 2 aliphatic rings. The number of likely N-dealkylation sites (tertiary alicyclic amines) is 2. The summed E-state index contributed by atoms with van der Waals surface area (Å²) in [6.07, 6.45) is 13.1. The second-order valence-electron chi connectivity index (χ2n) is 13.0. The van der Waals surface area contributed by atoms with E-state index in [0.717, 1.165) is 51.0 Å². The molecule has 2 aliphatic heterocycles. The number of ketones is 1. The number of aromatic nitrogens is 2. The molecule has 5 rings (SSSR count). The summed E-state index contributed by atoms with van der Waals surface area (Å²) in [5.74, 6) is 1.90. The number of piperidine rings is 1. The summed E-state index contributed by atoms with van der Waals surface area (Å²) < 4.78 is 24.1. The number of Topliss-reactive ketones (excluding diaryl/α,β-unsaturated/α-hetero) is 1. The van der Waals surface area contributed by atoms with Crippen molar-refractivity contribution in [3.8, 4) is 17.2 Å². The summed E-state index contributed by atoms with van der Waals surface area (Å²) in [5.41, 5.74) is 2.49. The van der Waals surface area contributed by atoms with Crippen LogP contribution < -0.4 is 14.2 Å². The van der Waals surface area contributed by atoms with E-state index in [9.17, 15) is 9.59 Å². The van der Waals surface area contributed by atoms with Crippen molar-refractivity contribution in [2.75, 3.05) is 67.3 Å². The smallest absolute Gasteiger partial charge is 0.254 e. The number of carbonyl (C=O) groups excluding carboxylic acids is 2. The molecule has 2 saturated heterocycles. The number of methoxy groups -OCH3 is 3. The standard InChI is InChI=1S/C40H52N4O6/c1-6-8-10-15-33-28-41-38(44(33)24-25-50-7-2)36(45)30-16-20-42(21-17-30)22-18-40(32-13-11-9-12-14-32)19-23-43(29-40)39(46)31-26-34(47-3)37(49-5)35(27-31)48-4/h6,8-15,26-28,30H,7,16-25,29H2,1-5H3/b8-6+,15-10+. The molecule has 10 nitrogen and oxygen atoms in total. The van der Waals surface area contributed by atoms with E-state index in [1.165, 1.54) is 5.56 Å². The summed E-state index contributed by atoms with van der Waals surface area (Å²) in [4.78, 5) is 36.7. The summed E-state index contributed by atoms with van der Waals surface area (Å²) >= 11 is 0. The van der Waals surface area contributed by atoms with E-state index < -0.39 is 0 Å². The molecular weight excluding hydrogens is 632 g/mol. The third-order valence-electron chi connectivity index (χ3n) is 10.1. The van der Waals surface area contributed by atoms with E-state index >= 15 is 0 Å². The number of benzene rings is 2. The van der Waals surface area contributed by atoms with E-state index in [-0.39, 0.29) is 23.0 Å². The van der Waals surface area contributed by atoms with E-state index in [1.807, 2.05) is 53.7 Å². The van der Waals surface area contributed by atoms with Crippen LogP contribution in [0.15, 0.2) is 66.9 Å². The van der Waals surface area contributed by atoms with Crippen LogP contribution in [-0.2, 0) is 16.7 Å². The molecule has 3 aromatic rings. The summed E-state index contributed by atoms with van der Waals surface area (Å²) in [6, 6.07) is 14.0. The Morgan fingerprint density at radius 2 is 1.68 bits per heavy atom. The molecule has 0 spiro atoms. The van der Waals surface area contributed by atoms with Gasteiger partial charge in [0.1, 0.15) is 0 Å². The summed E-state index contributed by atoms with van der Waals surface area (Å²) in [5, 5.41) is 0. The highest BCUT2D eigenvalue weighted by molar-refractivity contribution is 5.96. The summed E-state index contributed by atoms with van der Waals surface area (Å²) in [7, 11) is 4.67. The Labute approximate surface area is 296 Å². The van der Waals surface area contributed by atoms with Gasteiger partial charge in [-0.15, -0.1) is 0 Å². The molecule has 0 bridgehead atoms. The van der Waals surface area contributed by atoms with Crippen molar-refractivity contribution in [3.05, 3.63) is 89.5 Å². The number of allylic oxidation sites excluding steroid dienone is 3. The van der Waals surface area contributed by atoms with Gasteiger partial charge in [-0.2, -0.15) is 0 Å². The molecule has 50 heavy (non-hydrogen) atoms. The fourth-order valence-corrected chi connectivity index (χ4v) is 7.30. The lowest BCUT2D eigenvalue weighted by Crippen LogP contribution is -2.41. The van der Waals surface area contributed by atoms with Gasteiger partial charge in [0.15, 0.2) is 17.3 Å². The zero-order valence-electron chi connectivity index (χ0n) is 30.2. The fourth-order valence-electron chi connectivity index (χ4n) is 7.30. The molecule has 0 aliphatic carbocycles. The lowest BCUT2D eigenvalue weighted by Gasteiger charge is -2.36. The van der Waals surface area contributed by atoms with Gasteiger partial charge in [0.05, 0.1) is 39.8 Å². The first kappa shape index (κ1) is 36.9. The lowest BCUT2D eigenvalue weighted by molar-refractivity contribution is 0.0777. The first-order chi connectivity index (χ1) is 24.4. The number of hydrogen-bond acceptors (Lipinski definition) is 8. The van der Waals surface area contributed by atoms with E-state index in [0.29, 0.717) is 61.5 Å². The molecule has 10 heteroatoms. The maximum atomic E-state index is 13.9. The highest BCUT2D eigenvalue weighted by Gasteiger charge is 2.42. The van der Waals surface area contributed by atoms with Crippen molar-refractivity contribution in [1.82, 2.24) is 19.4 Å². The number of amides is 1. The van der Waals surface area contributed by atoms with Crippen molar-refractivity contribution in [3.63, 3.8) is 0 Å². The molecule has 268 valence electrons. The van der Waals surface area contributed by atoms with Crippen LogP contribution in [0.3, 0.4) is 0 Å². The number of carbonyl (C=O) groups is 2. The SMILES string of the molecule is C/C=C/C=C/c1cnc(C(=O)C2CCN(CCC3(c4ccccc4)CCN(C(=O)c4cc(OC)c(OC)c(OC)c4)C3)CC2)n1CCOCC. The number of nitrogens with zero attached hydrogens (tertiary/aromatic N) is 4. The normalized spacial score (nSPS) is 18.7. The predicted molar refractivity (Wildman–Crippen MR) is 195 cm³/mol. The summed E-state index contributed by atoms with van der Waals surface area (Å²) in [6.45, 7) is 9.57. The molecular formula is C40H52N4O6. The maximum Gasteiger partial charge on any atom is 0.254 e. The van der Waals surface area contributed by atoms with E-state index in [4.69, 9.17) is 18.9 Å². The molecule has 2 aromatic carbocycles. The van der Waals surface area contributed by atoms with Crippen LogP contribution in [0.1, 0.15) is 71.8 Å². The Bertz CT molecular complexity index is 1620. The van der Waals surface area contributed by atoms with E-state index in [1.54, 1.807) is 39.7 Å². The number of hydrogen-bond donors (Lipinski definition) is 0. The highest BCUT2D eigenvalue weighted by Crippen LogP contribution is 2.41. The minimum absolute atomic E-state index is 0.0542. The second kappa shape index (κ2) is 17.5. The van der Waals surface area contributed by atoms with Crippen LogP contribution in [0.4, 0.5) is 0 Å². The van der Waals surface area contributed by atoms with Crippen LogP contribution in [0.25, 0.3) is 6.08 Å². The second-order valence-corrected chi connectivity index (χ2v) is 13.0. The predicted octanol–water partition coefficient (Wildman–Crippen LogP) is 6.30. The zero-order valence-corrected chi connectivity index (χ0v) is 30.2.